The number of phenols is 1. The van der Waals surface area contributed by atoms with E-state index in [0.717, 1.165) is 0 Å². The van der Waals surface area contributed by atoms with Crippen molar-refractivity contribution in [3.8, 4) is 5.75 Å². The molecule has 0 spiro atoms. The largest absolute Gasteiger partial charge is 0.507 e. The van der Waals surface area contributed by atoms with E-state index in [1.54, 1.807) is 44.3 Å². The lowest BCUT2D eigenvalue weighted by atomic mass is 10.1. The van der Waals surface area contributed by atoms with Gasteiger partial charge in [-0.1, -0.05) is 12.1 Å². The summed E-state index contributed by atoms with van der Waals surface area (Å²) >= 11 is 0. The number of ketones is 1. The van der Waals surface area contributed by atoms with Crippen LogP contribution in [0.2, 0.25) is 0 Å². The molecule has 0 saturated heterocycles. The molecule has 1 heterocycles. The summed E-state index contributed by atoms with van der Waals surface area (Å²) in [5.41, 5.74) is 6.75. The van der Waals surface area contributed by atoms with Crippen LogP contribution in [0.25, 0.3) is 0 Å². The van der Waals surface area contributed by atoms with Crippen molar-refractivity contribution in [3.05, 3.63) is 71.2 Å². The number of hydrogen-bond acceptors (Lipinski definition) is 5. The minimum absolute atomic E-state index is 0.0696. The molecule has 1 amide bonds. The van der Waals surface area contributed by atoms with Crippen molar-refractivity contribution < 1.29 is 14.7 Å². The molecule has 0 atom stereocenters. The molecular formula is C17H17N3O3. The van der Waals surface area contributed by atoms with E-state index in [-0.39, 0.29) is 17.1 Å². The fourth-order valence-corrected chi connectivity index (χ4v) is 1.89. The number of amides is 1. The molecule has 0 unspecified atom stereocenters. The van der Waals surface area contributed by atoms with Crippen LogP contribution in [-0.2, 0) is 0 Å². The van der Waals surface area contributed by atoms with Crippen LogP contribution in [0.3, 0.4) is 0 Å². The minimum atomic E-state index is -0.493. The second-order valence-electron chi connectivity index (χ2n) is 4.98. The lowest BCUT2D eigenvalue weighted by Gasteiger charge is -2.10. The average molecular weight is 311 g/mol. The van der Waals surface area contributed by atoms with Crippen molar-refractivity contribution in [3.63, 3.8) is 0 Å². The predicted molar refractivity (Wildman–Crippen MR) is 85.8 cm³/mol. The highest BCUT2D eigenvalue weighted by atomic mass is 16.3. The SMILES string of the molecule is C/C(=C\C(=O)c1cccnc1)NNC(=O)c1cccc(C)c1O. The number of carbonyl (C=O) groups excluding carboxylic acids is 2. The van der Waals surface area contributed by atoms with E-state index in [1.165, 1.54) is 18.3 Å². The number of rotatable bonds is 5. The topological polar surface area (TPSA) is 91.3 Å². The van der Waals surface area contributed by atoms with Gasteiger partial charge in [-0.2, -0.15) is 0 Å². The minimum Gasteiger partial charge on any atom is -0.507 e. The van der Waals surface area contributed by atoms with Crippen LogP contribution in [0, 0.1) is 6.92 Å². The van der Waals surface area contributed by atoms with Crippen molar-refractivity contribution >= 4 is 11.7 Å². The Morgan fingerprint density at radius 2 is 1.96 bits per heavy atom. The first-order valence-corrected chi connectivity index (χ1v) is 6.96. The Labute approximate surface area is 133 Å². The van der Waals surface area contributed by atoms with Crippen LogP contribution in [0.5, 0.6) is 5.75 Å². The highest BCUT2D eigenvalue weighted by Gasteiger charge is 2.12. The van der Waals surface area contributed by atoms with Gasteiger partial charge in [0.1, 0.15) is 5.75 Å². The molecular weight excluding hydrogens is 294 g/mol. The number of aromatic nitrogens is 1. The van der Waals surface area contributed by atoms with Crippen LogP contribution >= 0.6 is 0 Å². The van der Waals surface area contributed by atoms with E-state index in [2.05, 4.69) is 15.8 Å². The molecule has 2 aromatic rings. The molecule has 6 nitrogen and oxygen atoms in total. The van der Waals surface area contributed by atoms with E-state index in [4.69, 9.17) is 0 Å². The van der Waals surface area contributed by atoms with Gasteiger partial charge in [0.05, 0.1) is 5.56 Å². The molecule has 0 saturated carbocycles. The molecule has 0 aliphatic rings. The molecule has 2 rings (SSSR count). The number of pyridine rings is 1. The molecule has 118 valence electrons. The van der Waals surface area contributed by atoms with Crippen LogP contribution in [0.1, 0.15) is 33.2 Å². The van der Waals surface area contributed by atoms with E-state index in [1.807, 2.05) is 0 Å². The quantitative estimate of drug-likeness (QED) is 0.447. The lowest BCUT2D eigenvalue weighted by molar-refractivity contribution is 0.0933. The Bertz CT molecular complexity index is 755. The summed E-state index contributed by atoms with van der Waals surface area (Å²) in [4.78, 5) is 27.9. The number of phenolic OH excluding ortho intramolecular Hbond substituents is 1. The number of nitrogens with zero attached hydrogens (tertiary/aromatic N) is 1. The zero-order valence-electron chi connectivity index (χ0n) is 12.8. The maximum absolute atomic E-state index is 12.0. The third-order valence-electron chi connectivity index (χ3n) is 3.15. The van der Waals surface area contributed by atoms with Crippen molar-refractivity contribution in [2.45, 2.75) is 13.8 Å². The van der Waals surface area contributed by atoms with E-state index >= 15 is 0 Å². The first-order valence-electron chi connectivity index (χ1n) is 6.96. The monoisotopic (exact) mass is 311 g/mol. The number of para-hydroxylation sites is 1. The van der Waals surface area contributed by atoms with E-state index in [9.17, 15) is 14.7 Å². The molecule has 0 aliphatic carbocycles. The third-order valence-corrected chi connectivity index (χ3v) is 3.15. The van der Waals surface area contributed by atoms with Gasteiger partial charge >= 0.3 is 0 Å². The van der Waals surface area contributed by atoms with Gasteiger partial charge in [0.15, 0.2) is 5.78 Å². The van der Waals surface area contributed by atoms with Gasteiger partial charge in [-0.05, 0) is 37.6 Å². The number of nitrogens with one attached hydrogen (secondary N) is 2. The Morgan fingerprint density at radius 1 is 1.17 bits per heavy atom. The van der Waals surface area contributed by atoms with Crippen LogP contribution < -0.4 is 10.9 Å². The summed E-state index contributed by atoms with van der Waals surface area (Å²) in [7, 11) is 0. The zero-order valence-corrected chi connectivity index (χ0v) is 12.8. The molecule has 1 aromatic heterocycles. The van der Waals surface area contributed by atoms with E-state index in [0.29, 0.717) is 16.8 Å². The molecule has 0 fully saturated rings. The van der Waals surface area contributed by atoms with Gasteiger partial charge in [0, 0.05) is 29.7 Å². The van der Waals surface area contributed by atoms with Gasteiger partial charge < -0.3 is 10.5 Å². The van der Waals surface area contributed by atoms with Crippen molar-refractivity contribution in [1.82, 2.24) is 15.8 Å². The third kappa shape index (κ3) is 4.16. The van der Waals surface area contributed by atoms with Crippen molar-refractivity contribution in [2.75, 3.05) is 0 Å². The summed E-state index contributed by atoms with van der Waals surface area (Å²) in [6.07, 6.45) is 4.41. The smallest absolute Gasteiger partial charge is 0.273 e. The summed E-state index contributed by atoms with van der Waals surface area (Å²) in [5, 5.41) is 9.86. The summed E-state index contributed by atoms with van der Waals surface area (Å²) in [6, 6.07) is 8.23. The fraction of sp³-hybridized carbons (Fsp3) is 0.118. The Morgan fingerprint density at radius 3 is 2.65 bits per heavy atom. The van der Waals surface area contributed by atoms with Gasteiger partial charge in [0.25, 0.3) is 5.91 Å². The van der Waals surface area contributed by atoms with E-state index < -0.39 is 5.91 Å². The molecule has 0 aliphatic heterocycles. The van der Waals surface area contributed by atoms with Gasteiger partial charge in [-0.25, -0.2) is 0 Å². The molecule has 3 N–H and O–H groups in total. The van der Waals surface area contributed by atoms with Gasteiger partial charge in [-0.3, -0.25) is 20.0 Å². The fourth-order valence-electron chi connectivity index (χ4n) is 1.89. The number of aromatic hydroxyl groups is 1. The summed E-state index contributed by atoms with van der Waals surface area (Å²) in [6.45, 7) is 3.35. The van der Waals surface area contributed by atoms with Crippen molar-refractivity contribution in [2.24, 2.45) is 0 Å². The van der Waals surface area contributed by atoms with Crippen LogP contribution in [0.4, 0.5) is 0 Å². The number of allylic oxidation sites excluding steroid dienone is 2. The number of carbonyl (C=O) groups is 2. The zero-order chi connectivity index (χ0) is 16.8. The lowest BCUT2D eigenvalue weighted by Crippen LogP contribution is -2.36. The number of aryl methyl sites for hydroxylation is 1. The first kappa shape index (κ1) is 16.2. The summed E-state index contributed by atoms with van der Waals surface area (Å²) in [5.74, 6) is -0.789. The Balaban J connectivity index is 2.00. The molecule has 1 aromatic carbocycles. The average Bonchev–Trinajstić information content (AvgIpc) is 2.56. The second-order valence-corrected chi connectivity index (χ2v) is 4.98. The molecule has 23 heavy (non-hydrogen) atoms. The van der Waals surface area contributed by atoms with Gasteiger partial charge in [0.2, 0.25) is 0 Å². The Kier molecular flexibility index (Phi) is 5.09. The number of benzene rings is 1. The standard InChI is InChI=1S/C17H17N3O3/c1-11-5-3-7-14(16(11)22)17(23)20-19-12(2)9-15(21)13-6-4-8-18-10-13/h3-10,19,22H,1-2H3,(H,20,23)/b12-9+. The number of hydrogen-bond donors (Lipinski definition) is 3. The summed E-state index contributed by atoms with van der Waals surface area (Å²) < 4.78 is 0. The highest BCUT2D eigenvalue weighted by Crippen LogP contribution is 2.20. The van der Waals surface area contributed by atoms with Gasteiger partial charge in [-0.15, -0.1) is 0 Å². The molecule has 6 heteroatoms. The molecule has 0 bridgehead atoms. The highest BCUT2D eigenvalue weighted by molar-refractivity contribution is 6.04. The second kappa shape index (κ2) is 7.22. The predicted octanol–water partition coefficient (Wildman–Crippen LogP) is 2.12. The van der Waals surface area contributed by atoms with Crippen LogP contribution in [-0.4, -0.2) is 21.8 Å². The normalized spacial score (nSPS) is 11.0. The van der Waals surface area contributed by atoms with Crippen molar-refractivity contribution in [1.29, 1.82) is 0 Å². The van der Waals surface area contributed by atoms with Crippen LogP contribution in [0.15, 0.2) is 54.5 Å². The maximum Gasteiger partial charge on any atom is 0.273 e. The molecule has 0 radical (unpaired) electrons. The number of hydrazine groups is 1. The maximum atomic E-state index is 12.0. The Hall–Kier alpha value is -3.15. The first-order chi connectivity index (χ1) is 11.0.